The number of anilines is 1. The molecule has 1 amide bonds. The maximum absolute atomic E-state index is 12.6. The van der Waals surface area contributed by atoms with Gasteiger partial charge >= 0.3 is 0 Å². The zero-order valence-electron chi connectivity index (χ0n) is 10.3. The lowest BCUT2D eigenvalue weighted by molar-refractivity contribution is -0.118. The zero-order valence-corrected chi connectivity index (χ0v) is 10.3. The number of hydrogen-bond donors (Lipinski definition) is 1. The van der Waals surface area contributed by atoms with Crippen molar-refractivity contribution in [3.05, 3.63) is 54.0 Å². The Kier molecular flexibility index (Phi) is 4.24. The van der Waals surface area contributed by atoms with Crippen LogP contribution in [0.5, 0.6) is 5.75 Å². The summed E-state index contributed by atoms with van der Waals surface area (Å²) in [6.07, 6.45) is 1.00. The van der Waals surface area contributed by atoms with E-state index in [-0.39, 0.29) is 12.4 Å². The van der Waals surface area contributed by atoms with E-state index in [9.17, 15) is 9.18 Å². The first-order valence-electron chi connectivity index (χ1n) is 5.72. The lowest BCUT2D eigenvalue weighted by Gasteiger charge is -2.07. The van der Waals surface area contributed by atoms with Crippen LogP contribution in [0.25, 0.3) is 0 Å². The molecule has 0 atom stereocenters. The summed E-state index contributed by atoms with van der Waals surface area (Å²) in [5.74, 6) is -0.371. The van der Waals surface area contributed by atoms with E-state index in [4.69, 9.17) is 10.00 Å². The summed E-state index contributed by atoms with van der Waals surface area (Å²) in [4.78, 5) is 15.3. The van der Waals surface area contributed by atoms with Crippen LogP contribution in [-0.2, 0) is 4.79 Å². The SMILES string of the molecule is N#Cc1ccccc1OCC(=O)Nc1ccc(F)cn1. The van der Waals surface area contributed by atoms with Crippen LogP contribution in [0.1, 0.15) is 5.56 Å². The highest BCUT2D eigenvalue weighted by atomic mass is 19.1. The largest absolute Gasteiger partial charge is 0.482 e. The summed E-state index contributed by atoms with van der Waals surface area (Å²) in [7, 11) is 0. The average Bonchev–Trinajstić information content (AvgIpc) is 2.48. The molecule has 0 bridgehead atoms. The molecule has 0 aliphatic rings. The van der Waals surface area contributed by atoms with Crippen LogP contribution < -0.4 is 10.1 Å². The first-order valence-corrected chi connectivity index (χ1v) is 5.72. The van der Waals surface area contributed by atoms with Gasteiger partial charge in [-0.3, -0.25) is 4.79 Å². The summed E-state index contributed by atoms with van der Waals surface area (Å²) in [5, 5.41) is 11.3. The van der Waals surface area contributed by atoms with Crippen molar-refractivity contribution in [3.63, 3.8) is 0 Å². The standard InChI is InChI=1S/C14H10FN3O2/c15-11-5-6-13(17-8-11)18-14(19)9-20-12-4-2-1-3-10(12)7-16/h1-6,8H,9H2,(H,17,18,19). The number of aromatic nitrogens is 1. The molecule has 2 rings (SSSR count). The van der Waals surface area contributed by atoms with Gasteiger partial charge in [-0.05, 0) is 24.3 Å². The van der Waals surface area contributed by atoms with E-state index in [0.717, 1.165) is 6.20 Å². The van der Waals surface area contributed by atoms with Gasteiger partial charge in [0.25, 0.3) is 5.91 Å². The number of nitrogens with zero attached hydrogens (tertiary/aromatic N) is 2. The molecule has 0 unspecified atom stereocenters. The number of nitriles is 1. The van der Waals surface area contributed by atoms with Crippen LogP contribution in [0.2, 0.25) is 0 Å². The normalized spacial score (nSPS) is 9.60. The van der Waals surface area contributed by atoms with Crippen LogP contribution in [-0.4, -0.2) is 17.5 Å². The van der Waals surface area contributed by atoms with Crippen molar-refractivity contribution in [1.82, 2.24) is 4.98 Å². The molecule has 0 saturated carbocycles. The second kappa shape index (κ2) is 6.29. The number of pyridine rings is 1. The molecule has 0 aliphatic heterocycles. The van der Waals surface area contributed by atoms with Gasteiger partial charge in [0.1, 0.15) is 23.5 Å². The highest BCUT2D eigenvalue weighted by molar-refractivity contribution is 5.90. The molecule has 100 valence electrons. The van der Waals surface area contributed by atoms with Gasteiger partial charge in [-0.2, -0.15) is 5.26 Å². The Morgan fingerprint density at radius 1 is 1.35 bits per heavy atom. The van der Waals surface area contributed by atoms with E-state index >= 15 is 0 Å². The molecule has 0 aliphatic carbocycles. The molecular formula is C14H10FN3O2. The number of halogens is 1. The van der Waals surface area contributed by atoms with Crippen molar-refractivity contribution in [2.75, 3.05) is 11.9 Å². The third-order valence-corrected chi connectivity index (χ3v) is 2.36. The van der Waals surface area contributed by atoms with Gasteiger partial charge in [0, 0.05) is 0 Å². The van der Waals surface area contributed by atoms with E-state index in [1.807, 2.05) is 6.07 Å². The number of carbonyl (C=O) groups is 1. The van der Waals surface area contributed by atoms with Crippen LogP contribution in [0.3, 0.4) is 0 Å². The van der Waals surface area contributed by atoms with Crippen LogP contribution in [0.4, 0.5) is 10.2 Å². The summed E-state index contributed by atoms with van der Waals surface area (Å²) in [6, 6.07) is 11.1. The topological polar surface area (TPSA) is 75.0 Å². The Morgan fingerprint density at radius 3 is 2.85 bits per heavy atom. The summed E-state index contributed by atoms with van der Waals surface area (Å²) in [6.45, 7) is -0.266. The highest BCUT2D eigenvalue weighted by Gasteiger charge is 2.07. The second-order valence-electron chi connectivity index (χ2n) is 3.81. The molecule has 20 heavy (non-hydrogen) atoms. The molecule has 1 N–H and O–H groups in total. The molecule has 5 nitrogen and oxygen atoms in total. The predicted molar refractivity (Wildman–Crippen MR) is 69.5 cm³/mol. The zero-order chi connectivity index (χ0) is 14.4. The minimum Gasteiger partial charge on any atom is -0.482 e. The minimum absolute atomic E-state index is 0.230. The molecule has 0 radical (unpaired) electrons. The van der Waals surface area contributed by atoms with Crippen molar-refractivity contribution >= 4 is 11.7 Å². The van der Waals surface area contributed by atoms with E-state index in [1.54, 1.807) is 24.3 Å². The van der Waals surface area contributed by atoms with Gasteiger partial charge in [0.15, 0.2) is 6.61 Å². The Labute approximate surface area is 114 Å². The van der Waals surface area contributed by atoms with Crippen molar-refractivity contribution < 1.29 is 13.9 Å². The second-order valence-corrected chi connectivity index (χ2v) is 3.81. The minimum atomic E-state index is -0.484. The lowest BCUT2D eigenvalue weighted by atomic mass is 10.2. The number of para-hydroxylation sites is 1. The first-order chi connectivity index (χ1) is 9.69. The van der Waals surface area contributed by atoms with E-state index < -0.39 is 11.7 Å². The van der Waals surface area contributed by atoms with Gasteiger partial charge in [-0.15, -0.1) is 0 Å². The van der Waals surface area contributed by atoms with Gasteiger partial charge in [0.2, 0.25) is 0 Å². The van der Waals surface area contributed by atoms with E-state index in [1.165, 1.54) is 12.1 Å². The first kappa shape index (κ1) is 13.5. The van der Waals surface area contributed by atoms with Gasteiger partial charge in [-0.1, -0.05) is 12.1 Å². The molecule has 2 aromatic rings. The maximum atomic E-state index is 12.6. The Balaban J connectivity index is 1.92. The smallest absolute Gasteiger partial charge is 0.263 e. The fourth-order valence-corrected chi connectivity index (χ4v) is 1.46. The van der Waals surface area contributed by atoms with Gasteiger partial charge < -0.3 is 10.1 Å². The van der Waals surface area contributed by atoms with Crippen molar-refractivity contribution in [2.24, 2.45) is 0 Å². The number of rotatable bonds is 4. The fourth-order valence-electron chi connectivity index (χ4n) is 1.46. The molecule has 1 aromatic carbocycles. The van der Waals surface area contributed by atoms with E-state index in [0.29, 0.717) is 11.3 Å². The van der Waals surface area contributed by atoms with Gasteiger partial charge in [0.05, 0.1) is 11.8 Å². The number of ether oxygens (including phenoxy) is 1. The van der Waals surface area contributed by atoms with Crippen molar-refractivity contribution in [3.8, 4) is 11.8 Å². The third-order valence-electron chi connectivity index (χ3n) is 2.36. The van der Waals surface area contributed by atoms with Crippen LogP contribution >= 0.6 is 0 Å². The van der Waals surface area contributed by atoms with E-state index in [2.05, 4.69) is 10.3 Å². The predicted octanol–water partition coefficient (Wildman–Crippen LogP) is 2.11. The molecule has 0 spiro atoms. The molecule has 1 aromatic heterocycles. The lowest BCUT2D eigenvalue weighted by Crippen LogP contribution is -2.21. The van der Waals surface area contributed by atoms with Crippen molar-refractivity contribution in [2.45, 2.75) is 0 Å². The molecule has 0 saturated heterocycles. The quantitative estimate of drug-likeness (QED) is 0.924. The summed E-state index contributed by atoms with van der Waals surface area (Å²) in [5.41, 5.74) is 0.347. The summed E-state index contributed by atoms with van der Waals surface area (Å²) >= 11 is 0. The number of nitrogens with one attached hydrogen (secondary N) is 1. The van der Waals surface area contributed by atoms with Crippen LogP contribution in [0.15, 0.2) is 42.6 Å². The molecule has 1 heterocycles. The van der Waals surface area contributed by atoms with Gasteiger partial charge in [-0.25, -0.2) is 9.37 Å². The maximum Gasteiger partial charge on any atom is 0.263 e. The fraction of sp³-hybridized carbons (Fsp3) is 0.0714. The number of amides is 1. The average molecular weight is 271 g/mol. The molecular weight excluding hydrogens is 261 g/mol. The molecule has 0 fully saturated rings. The number of hydrogen-bond acceptors (Lipinski definition) is 4. The Bertz CT molecular complexity index is 650. The Hall–Kier alpha value is -2.94. The molecule has 6 heteroatoms. The van der Waals surface area contributed by atoms with Crippen LogP contribution in [0, 0.1) is 17.1 Å². The highest BCUT2D eigenvalue weighted by Crippen LogP contribution is 2.16. The monoisotopic (exact) mass is 271 g/mol. The summed E-state index contributed by atoms with van der Waals surface area (Å²) < 4.78 is 17.9. The third kappa shape index (κ3) is 3.53. The number of benzene rings is 1. The number of carbonyl (C=O) groups excluding carboxylic acids is 1. The Morgan fingerprint density at radius 2 is 2.15 bits per heavy atom. The van der Waals surface area contributed by atoms with Crippen molar-refractivity contribution in [1.29, 1.82) is 5.26 Å².